The zero-order chi connectivity index (χ0) is 13.3. The minimum atomic E-state index is 0.612. The smallest absolute Gasteiger partial charge is 0.128 e. The number of nitrogens with zero attached hydrogens (tertiary/aromatic N) is 1. The number of benzene rings is 1. The van der Waals surface area contributed by atoms with Gasteiger partial charge in [0, 0.05) is 9.35 Å². The van der Waals surface area contributed by atoms with E-state index in [4.69, 9.17) is 11.0 Å². The van der Waals surface area contributed by atoms with Gasteiger partial charge in [-0.1, -0.05) is 35.0 Å². The molecule has 2 aromatic rings. The Morgan fingerprint density at radius 3 is 2.78 bits per heavy atom. The standard InChI is InChI=1S/C14H13BrN2S/c1-3-9-13(17)12(7-16)18-14(9)10-5-4-6-11(15)8(10)2/h4-6H,3,17H2,1-2H3. The van der Waals surface area contributed by atoms with Crippen LogP contribution in [0.4, 0.5) is 5.69 Å². The van der Waals surface area contributed by atoms with Crippen LogP contribution < -0.4 is 5.73 Å². The molecular weight excluding hydrogens is 308 g/mol. The van der Waals surface area contributed by atoms with Crippen LogP contribution in [0.3, 0.4) is 0 Å². The van der Waals surface area contributed by atoms with Crippen molar-refractivity contribution in [3.8, 4) is 16.5 Å². The first-order valence-electron chi connectivity index (χ1n) is 5.66. The average Bonchev–Trinajstić information content (AvgIpc) is 2.69. The van der Waals surface area contributed by atoms with Crippen molar-refractivity contribution < 1.29 is 0 Å². The molecule has 0 atom stereocenters. The zero-order valence-electron chi connectivity index (χ0n) is 10.2. The second kappa shape index (κ2) is 5.13. The average molecular weight is 321 g/mol. The molecule has 4 heteroatoms. The molecule has 0 saturated heterocycles. The molecule has 18 heavy (non-hydrogen) atoms. The minimum Gasteiger partial charge on any atom is -0.397 e. The van der Waals surface area contributed by atoms with Crippen molar-refractivity contribution in [3.05, 3.63) is 38.7 Å². The fourth-order valence-corrected chi connectivity index (χ4v) is 3.54. The Kier molecular flexibility index (Phi) is 3.74. The van der Waals surface area contributed by atoms with E-state index in [0.29, 0.717) is 10.6 Å². The minimum absolute atomic E-state index is 0.612. The molecule has 0 radical (unpaired) electrons. The summed E-state index contributed by atoms with van der Waals surface area (Å²) in [5.41, 5.74) is 10.1. The molecule has 0 aliphatic rings. The van der Waals surface area contributed by atoms with Gasteiger partial charge in [0.05, 0.1) is 5.69 Å². The Morgan fingerprint density at radius 2 is 2.17 bits per heavy atom. The van der Waals surface area contributed by atoms with Gasteiger partial charge in [0.25, 0.3) is 0 Å². The summed E-state index contributed by atoms with van der Waals surface area (Å²) in [7, 11) is 0. The van der Waals surface area contributed by atoms with Gasteiger partial charge in [-0.15, -0.1) is 11.3 Å². The van der Waals surface area contributed by atoms with Crippen molar-refractivity contribution >= 4 is 33.0 Å². The number of hydrogen-bond donors (Lipinski definition) is 1. The predicted molar refractivity (Wildman–Crippen MR) is 80.7 cm³/mol. The van der Waals surface area contributed by atoms with E-state index in [-0.39, 0.29) is 0 Å². The van der Waals surface area contributed by atoms with Crippen molar-refractivity contribution in [2.24, 2.45) is 0 Å². The van der Waals surface area contributed by atoms with Crippen LogP contribution in [0.2, 0.25) is 0 Å². The van der Waals surface area contributed by atoms with Crippen LogP contribution in [0, 0.1) is 18.3 Å². The van der Waals surface area contributed by atoms with Crippen molar-refractivity contribution in [1.82, 2.24) is 0 Å². The molecular formula is C14H13BrN2S. The molecule has 0 fully saturated rings. The molecule has 0 amide bonds. The van der Waals surface area contributed by atoms with E-state index >= 15 is 0 Å². The van der Waals surface area contributed by atoms with E-state index < -0.39 is 0 Å². The Hall–Kier alpha value is -1.31. The maximum absolute atomic E-state index is 9.09. The van der Waals surface area contributed by atoms with Gasteiger partial charge in [-0.3, -0.25) is 0 Å². The number of thiophene rings is 1. The highest BCUT2D eigenvalue weighted by Gasteiger charge is 2.17. The summed E-state index contributed by atoms with van der Waals surface area (Å²) in [5.74, 6) is 0. The van der Waals surface area contributed by atoms with Crippen LogP contribution in [-0.4, -0.2) is 0 Å². The topological polar surface area (TPSA) is 49.8 Å². The van der Waals surface area contributed by atoms with Gasteiger partial charge >= 0.3 is 0 Å². The Bertz CT molecular complexity index is 638. The van der Waals surface area contributed by atoms with Crippen LogP contribution >= 0.6 is 27.3 Å². The molecule has 2 N–H and O–H groups in total. The van der Waals surface area contributed by atoms with Gasteiger partial charge < -0.3 is 5.73 Å². The molecule has 2 rings (SSSR count). The summed E-state index contributed by atoms with van der Waals surface area (Å²) < 4.78 is 1.08. The van der Waals surface area contributed by atoms with Gasteiger partial charge in [-0.05, 0) is 36.1 Å². The lowest BCUT2D eigenvalue weighted by molar-refractivity contribution is 1.16. The van der Waals surface area contributed by atoms with E-state index in [0.717, 1.165) is 26.9 Å². The largest absolute Gasteiger partial charge is 0.397 e. The summed E-state index contributed by atoms with van der Waals surface area (Å²) in [6.45, 7) is 4.14. The van der Waals surface area contributed by atoms with Gasteiger partial charge in [0.2, 0.25) is 0 Å². The monoisotopic (exact) mass is 320 g/mol. The molecule has 1 heterocycles. The lowest BCUT2D eigenvalue weighted by atomic mass is 10.0. The first kappa shape index (κ1) is 13.1. The number of nitrogens with two attached hydrogens (primary N) is 1. The van der Waals surface area contributed by atoms with Crippen molar-refractivity contribution in [2.75, 3.05) is 5.73 Å². The molecule has 0 bridgehead atoms. The van der Waals surface area contributed by atoms with Crippen molar-refractivity contribution in [1.29, 1.82) is 5.26 Å². The molecule has 0 spiro atoms. The van der Waals surface area contributed by atoms with Gasteiger partial charge in [0.15, 0.2) is 0 Å². The SMILES string of the molecule is CCc1c(-c2cccc(Br)c2C)sc(C#N)c1N. The lowest BCUT2D eigenvalue weighted by Crippen LogP contribution is -1.92. The van der Waals surface area contributed by atoms with Crippen molar-refractivity contribution in [3.63, 3.8) is 0 Å². The quantitative estimate of drug-likeness (QED) is 0.885. The van der Waals surface area contributed by atoms with E-state index in [2.05, 4.69) is 41.9 Å². The van der Waals surface area contributed by atoms with E-state index in [9.17, 15) is 0 Å². The Morgan fingerprint density at radius 1 is 1.44 bits per heavy atom. The highest BCUT2D eigenvalue weighted by atomic mass is 79.9. The molecule has 0 unspecified atom stereocenters. The highest BCUT2D eigenvalue weighted by Crippen LogP contribution is 2.41. The fraction of sp³-hybridized carbons (Fsp3) is 0.214. The second-order valence-electron chi connectivity index (χ2n) is 4.03. The molecule has 1 aromatic carbocycles. The second-order valence-corrected chi connectivity index (χ2v) is 5.91. The summed E-state index contributed by atoms with van der Waals surface area (Å²) in [5, 5.41) is 9.09. The van der Waals surface area contributed by atoms with Crippen LogP contribution in [0.15, 0.2) is 22.7 Å². The maximum atomic E-state index is 9.09. The summed E-state index contributed by atoms with van der Waals surface area (Å²) in [6.07, 6.45) is 0.839. The number of halogens is 1. The first-order valence-corrected chi connectivity index (χ1v) is 7.27. The number of hydrogen-bond acceptors (Lipinski definition) is 3. The van der Waals surface area contributed by atoms with E-state index in [1.54, 1.807) is 0 Å². The Balaban J connectivity index is 2.72. The number of anilines is 1. The van der Waals surface area contributed by atoms with Crippen LogP contribution in [0.5, 0.6) is 0 Å². The van der Waals surface area contributed by atoms with Crippen molar-refractivity contribution in [2.45, 2.75) is 20.3 Å². The predicted octanol–water partition coefficient (Wildman–Crippen LogP) is 4.50. The van der Waals surface area contributed by atoms with Gasteiger partial charge in [0.1, 0.15) is 10.9 Å². The number of nitriles is 1. The highest BCUT2D eigenvalue weighted by molar-refractivity contribution is 9.10. The molecule has 0 aliphatic heterocycles. The van der Waals surface area contributed by atoms with Crippen LogP contribution in [0.25, 0.3) is 10.4 Å². The molecule has 0 saturated carbocycles. The summed E-state index contributed by atoms with van der Waals surface area (Å²) >= 11 is 5.02. The van der Waals surface area contributed by atoms with E-state index in [1.807, 2.05) is 12.1 Å². The third kappa shape index (κ3) is 2.05. The molecule has 0 aliphatic carbocycles. The maximum Gasteiger partial charge on any atom is 0.128 e. The third-order valence-corrected chi connectivity index (χ3v) is 5.06. The fourth-order valence-electron chi connectivity index (χ4n) is 1.98. The van der Waals surface area contributed by atoms with Gasteiger partial charge in [-0.25, -0.2) is 0 Å². The first-order chi connectivity index (χ1) is 8.60. The number of nitrogen functional groups attached to an aromatic ring is 1. The molecule has 1 aromatic heterocycles. The number of rotatable bonds is 2. The zero-order valence-corrected chi connectivity index (χ0v) is 12.7. The molecule has 92 valence electrons. The van der Waals surface area contributed by atoms with Crippen LogP contribution in [-0.2, 0) is 6.42 Å². The Labute approximate surface area is 119 Å². The lowest BCUT2D eigenvalue weighted by Gasteiger charge is -2.08. The third-order valence-electron chi connectivity index (χ3n) is 3.02. The summed E-state index contributed by atoms with van der Waals surface area (Å²) in [6, 6.07) is 8.28. The van der Waals surface area contributed by atoms with E-state index in [1.165, 1.54) is 16.9 Å². The summed E-state index contributed by atoms with van der Waals surface area (Å²) in [4.78, 5) is 1.73. The normalized spacial score (nSPS) is 10.3. The molecule has 2 nitrogen and oxygen atoms in total. The van der Waals surface area contributed by atoms with Gasteiger partial charge in [-0.2, -0.15) is 5.26 Å². The van der Waals surface area contributed by atoms with Crippen LogP contribution in [0.1, 0.15) is 22.9 Å².